The maximum atomic E-state index is 12.0. The van der Waals surface area contributed by atoms with E-state index in [1.165, 1.54) is 12.3 Å². The van der Waals surface area contributed by atoms with Crippen molar-refractivity contribution >= 4 is 46.4 Å². The van der Waals surface area contributed by atoms with Gasteiger partial charge in [0, 0.05) is 16.2 Å². The Hall–Kier alpha value is -1.29. The fourth-order valence-corrected chi connectivity index (χ4v) is 2.05. The van der Waals surface area contributed by atoms with Crippen LogP contribution in [0.25, 0.3) is 0 Å². The molecule has 98 valence electrons. The van der Waals surface area contributed by atoms with Crippen molar-refractivity contribution < 1.29 is 4.79 Å². The molecule has 3 nitrogen and oxygen atoms in total. The molecule has 1 N–H and O–H groups in total. The van der Waals surface area contributed by atoms with Crippen molar-refractivity contribution in [1.29, 1.82) is 0 Å². The molecule has 0 bridgehead atoms. The molecule has 0 unspecified atom stereocenters. The van der Waals surface area contributed by atoms with Crippen LogP contribution in [0.15, 0.2) is 30.5 Å². The summed E-state index contributed by atoms with van der Waals surface area (Å²) in [5.41, 5.74) is 1.48. The number of aryl methyl sites for hydroxylation is 1. The normalized spacial score (nSPS) is 10.3. The van der Waals surface area contributed by atoms with Gasteiger partial charge in [0.05, 0.1) is 10.7 Å². The Bertz CT molecular complexity index is 644. The lowest BCUT2D eigenvalue weighted by molar-refractivity contribution is 0.102. The molecule has 0 aliphatic carbocycles. The van der Waals surface area contributed by atoms with Gasteiger partial charge in [-0.1, -0.05) is 34.8 Å². The summed E-state index contributed by atoms with van der Waals surface area (Å²) in [6.45, 7) is 1.83. The van der Waals surface area contributed by atoms with E-state index in [-0.39, 0.29) is 5.69 Å². The summed E-state index contributed by atoms with van der Waals surface area (Å²) in [4.78, 5) is 15.9. The molecule has 0 atom stereocenters. The zero-order valence-electron chi connectivity index (χ0n) is 9.88. The van der Waals surface area contributed by atoms with Gasteiger partial charge < -0.3 is 5.32 Å². The van der Waals surface area contributed by atoms with E-state index < -0.39 is 5.91 Å². The predicted octanol–water partition coefficient (Wildman–Crippen LogP) is 4.60. The monoisotopic (exact) mass is 314 g/mol. The van der Waals surface area contributed by atoms with Crippen LogP contribution in [-0.4, -0.2) is 10.9 Å². The van der Waals surface area contributed by atoms with Gasteiger partial charge in [0.1, 0.15) is 5.69 Å². The molecule has 6 heteroatoms. The van der Waals surface area contributed by atoms with E-state index in [1.807, 2.05) is 6.92 Å². The summed E-state index contributed by atoms with van der Waals surface area (Å²) >= 11 is 17.8. The standard InChI is InChI=1S/C13H9Cl3N2O/c1-7-4-10(16)11(6-9(7)15)18-13(19)12-5-8(14)2-3-17-12/h2-6H,1H3,(H,18,19). The van der Waals surface area contributed by atoms with Crippen LogP contribution in [0.1, 0.15) is 16.1 Å². The van der Waals surface area contributed by atoms with Crippen LogP contribution in [0.3, 0.4) is 0 Å². The van der Waals surface area contributed by atoms with Crippen LogP contribution >= 0.6 is 34.8 Å². The van der Waals surface area contributed by atoms with Gasteiger partial charge in [-0.2, -0.15) is 0 Å². The molecule has 0 spiro atoms. The first-order valence-electron chi connectivity index (χ1n) is 5.36. The average Bonchev–Trinajstić information content (AvgIpc) is 2.36. The molecule has 0 aliphatic rings. The molecule has 0 radical (unpaired) electrons. The number of anilines is 1. The minimum Gasteiger partial charge on any atom is -0.319 e. The number of pyridine rings is 1. The number of hydrogen-bond acceptors (Lipinski definition) is 2. The summed E-state index contributed by atoms with van der Waals surface area (Å²) in [6.07, 6.45) is 1.46. The molecule has 19 heavy (non-hydrogen) atoms. The number of hydrogen-bond donors (Lipinski definition) is 1. The highest BCUT2D eigenvalue weighted by molar-refractivity contribution is 6.36. The zero-order chi connectivity index (χ0) is 14.0. The predicted molar refractivity (Wildman–Crippen MR) is 78.4 cm³/mol. The number of nitrogens with zero attached hydrogens (tertiary/aromatic N) is 1. The fourth-order valence-electron chi connectivity index (χ4n) is 1.46. The Balaban J connectivity index is 2.27. The molecular weight excluding hydrogens is 307 g/mol. The van der Waals surface area contributed by atoms with Crippen LogP contribution in [0.4, 0.5) is 5.69 Å². The van der Waals surface area contributed by atoms with E-state index in [0.29, 0.717) is 20.8 Å². The van der Waals surface area contributed by atoms with Gasteiger partial charge >= 0.3 is 0 Å². The second kappa shape index (κ2) is 5.78. The lowest BCUT2D eigenvalue weighted by Crippen LogP contribution is -2.13. The minimum absolute atomic E-state index is 0.209. The smallest absolute Gasteiger partial charge is 0.274 e. The molecule has 1 aromatic heterocycles. The van der Waals surface area contributed by atoms with Gasteiger partial charge in [-0.3, -0.25) is 9.78 Å². The van der Waals surface area contributed by atoms with E-state index in [2.05, 4.69) is 10.3 Å². The van der Waals surface area contributed by atoms with Gasteiger partial charge in [0.15, 0.2) is 0 Å². The number of nitrogens with one attached hydrogen (secondary N) is 1. The van der Waals surface area contributed by atoms with Crippen LogP contribution < -0.4 is 5.32 Å². The van der Waals surface area contributed by atoms with Crippen molar-refractivity contribution in [2.45, 2.75) is 6.92 Å². The highest BCUT2D eigenvalue weighted by Gasteiger charge is 2.11. The van der Waals surface area contributed by atoms with Crippen LogP contribution in [0.2, 0.25) is 15.1 Å². The first-order valence-corrected chi connectivity index (χ1v) is 6.49. The van der Waals surface area contributed by atoms with Gasteiger partial charge in [0.2, 0.25) is 0 Å². The van der Waals surface area contributed by atoms with Gasteiger partial charge in [-0.05, 0) is 36.8 Å². The highest BCUT2D eigenvalue weighted by atomic mass is 35.5. The van der Waals surface area contributed by atoms with E-state index in [1.54, 1.807) is 18.2 Å². The van der Waals surface area contributed by atoms with Gasteiger partial charge in [0.25, 0.3) is 5.91 Å². The summed E-state index contributed by atoms with van der Waals surface area (Å²) < 4.78 is 0. The van der Waals surface area contributed by atoms with E-state index in [9.17, 15) is 4.79 Å². The molecule has 2 rings (SSSR count). The number of rotatable bonds is 2. The van der Waals surface area contributed by atoms with Gasteiger partial charge in [-0.25, -0.2) is 0 Å². The molecule has 1 heterocycles. The summed E-state index contributed by atoms with van der Waals surface area (Å²) in [5, 5.41) is 4.02. The number of carbonyl (C=O) groups is 1. The molecule has 0 fully saturated rings. The lowest BCUT2D eigenvalue weighted by Gasteiger charge is -2.09. The van der Waals surface area contributed by atoms with Crippen LogP contribution in [-0.2, 0) is 0 Å². The number of benzene rings is 1. The fraction of sp³-hybridized carbons (Fsp3) is 0.0769. The zero-order valence-corrected chi connectivity index (χ0v) is 12.1. The summed E-state index contributed by atoms with van der Waals surface area (Å²) in [5.74, 6) is -0.399. The van der Waals surface area contributed by atoms with Crippen LogP contribution in [0.5, 0.6) is 0 Å². The minimum atomic E-state index is -0.399. The topological polar surface area (TPSA) is 42.0 Å². The van der Waals surface area contributed by atoms with E-state index in [4.69, 9.17) is 34.8 Å². The second-order valence-electron chi connectivity index (χ2n) is 3.89. The summed E-state index contributed by atoms with van der Waals surface area (Å²) in [6, 6.07) is 6.35. The number of halogens is 3. The third-order valence-corrected chi connectivity index (χ3v) is 3.41. The highest BCUT2D eigenvalue weighted by Crippen LogP contribution is 2.29. The number of amides is 1. The Morgan fingerprint density at radius 3 is 2.58 bits per heavy atom. The molecule has 0 saturated carbocycles. The third kappa shape index (κ3) is 3.38. The number of carbonyl (C=O) groups excluding carboxylic acids is 1. The van der Waals surface area contributed by atoms with Crippen molar-refractivity contribution in [3.63, 3.8) is 0 Å². The van der Waals surface area contributed by atoms with Crippen molar-refractivity contribution in [3.05, 3.63) is 56.8 Å². The lowest BCUT2D eigenvalue weighted by atomic mass is 10.2. The first-order chi connectivity index (χ1) is 8.97. The Kier molecular flexibility index (Phi) is 4.30. The van der Waals surface area contributed by atoms with Crippen LogP contribution in [0, 0.1) is 6.92 Å². The molecule has 1 aromatic carbocycles. The SMILES string of the molecule is Cc1cc(Cl)c(NC(=O)c2cc(Cl)ccn2)cc1Cl. The van der Waals surface area contributed by atoms with Crippen molar-refractivity contribution in [3.8, 4) is 0 Å². The maximum Gasteiger partial charge on any atom is 0.274 e. The molecule has 1 amide bonds. The Morgan fingerprint density at radius 2 is 1.89 bits per heavy atom. The third-order valence-electron chi connectivity index (χ3n) is 2.45. The number of aromatic nitrogens is 1. The first kappa shape index (κ1) is 14.1. The second-order valence-corrected chi connectivity index (χ2v) is 5.15. The Labute approximate surface area is 125 Å². The maximum absolute atomic E-state index is 12.0. The molecular formula is C13H9Cl3N2O. The van der Waals surface area contributed by atoms with Gasteiger partial charge in [-0.15, -0.1) is 0 Å². The molecule has 0 aliphatic heterocycles. The Morgan fingerprint density at radius 1 is 1.16 bits per heavy atom. The molecule has 0 saturated heterocycles. The average molecular weight is 316 g/mol. The van der Waals surface area contributed by atoms with Crippen molar-refractivity contribution in [1.82, 2.24) is 4.98 Å². The largest absolute Gasteiger partial charge is 0.319 e. The summed E-state index contributed by atoms with van der Waals surface area (Å²) in [7, 11) is 0. The van der Waals surface area contributed by atoms with E-state index in [0.717, 1.165) is 5.56 Å². The van der Waals surface area contributed by atoms with Crippen molar-refractivity contribution in [2.24, 2.45) is 0 Å². The molecule has 2 aromatic rings. The van der Waals surface area contributed by atoms with E-state index >= 15 is 0 Å². The van der Waals surface area contributed by atoms with Crippen molar-refractivity contribution in [2.75, 3.05) is 5.32 Å². The quantitative estimate of drug-likeness (QED) is 0.880.